The molecule has 0 unspecified atom stereocenters. The Bertz CT molecular complexity index is 784. The number of phenols is 1. The highest BCUT2D eigenvalue weighted by atomic mass is 79.9. The van der Waals surface area contributed by atoms with E-state index in [9.17, 15) is 10.4 Å². The molecule has 0 spiro atoms. The first kappa shape index (κ1) is 16.9. The molecule has 0 saturated heterocycles. The molecule has 1 heterocycles. The molecular formula is C16H15BrN4O2. The first-order chi connectivity index (χ1) is 11.0. The molecule has 0 saturated carbocycles. The van der Waals surface area contributed by atoms with E-state index >= 15 is 0 Å². The van der Waals surface area contributed by atoms with E-state index in [1.54, 1.807) is 31.4 Å². The standard InChI is InChI=1S/C16H15BrN4O2/c1-10-5-12(9-23-2)14(7-18)16(20-10)21-19-8-11-6-13(17)3-4-15(11)22/h3-6,8,22H,9H2,1-2H3,(H,20,21)/b19-8+. The van der Waals surface area contributed by atoms with E-state index in [1.807, 2.05) is 6.92 Å². The summed E-state index contributed by atoms with van der Waals surface area (Å²) in [4.78, 5) is 4.28. The number of ether oxygens (including phenoxy) is 1. The van der Waals surface area contributed by atoms with E-state index in [4.69, 9.17) is 4.74 Å². The maximum Gasteiger partial charge on any atom is 0.164 e. The van der Waals surface area contributed by atoms with Crippen molar-refractivity contribution in [2.75, 3.05) is 12.5 Å². The van der Waals surface area contributed by atoms with E-state index in [-0.39, 0.29) is 5.75 Å². The highest BCUT2D eigenvalue weighted by molar-refractivity contribution is 9.10. The van der Waals surface area contributed by atoms with Crippen molar-refractivity contribution in [2.24, 2.45) is 5.10 Å². The average molecular weight is 375 g/mol. The molecule has 0 aliphatic heterocycles. The van der Waals surface area contributed by atoms with Crippen LogP contribution in [0.3, 0.4) is 0 Å². The Kier molecular flexibility index (Phi) is 5.68. The van der Waals surface area contributed by atoms with Crippen LogP contribution >= 0.6 is 15.9 Å². The van der Waals surface area contributed by atoms with Crippen molar-refractivity contribution in [1.82, 2.24) is 4.98 Å². The van der Waals surface area contributed by atoms with Crippen molar-refractivity contribution < 1.29 is 9.84 Å². The number of rotatable bonds is 5. The summed E-state index contributed by atoms with van der Waals surface area (Å²) in [7, 11) is 1.57. The zero-order valence-corrected chi connectivity index (χ0v) is 14.3. The molecular weight excluding hydrogens is 360 g/mol. The summed E-state index contributed by atoms with van der Waals surface area (Å²) in [5.41, 5.74) is 5.16. The van der Waals surface area contributed by atoms with Gasteiger partial charge in [-0.3, -0.25) is 5.43 Å². The van der Waals surface area contributed by atoms with Crippen LogP contribution in [0.15, 0.2) is 33.8 Å². The number of halogens is 1. The van der Waals surface area contributed by atoms with Crippen molar-refractivity contribution in [3.05, 3.63) is 51.1 Å². The molecule has 2 aromatic rings. The fourth-order valence-corrected chi connectivity index (χ4v) is 2.39. The normalized spacial score (nSPS) is 10.7. The van der Waals surface area contributed by atoms with Gasteiger partial charge in [-0.1, -0.05) is 15.9 Å². The third-order valence-corrected chi connectivity index (χ3v) is 3.50. The Labute approximate surface area is 142 Å². The Balaban J connectivity index is 2.28. The Hall–Kier alpha value is -2.43. The number of hydrazone groups is 1. The monoisotopic (exact) mass is 374 g/mol. The van der Waals surface area contributed by atoms with E-state index in [1.165, 1.54) is 6.21 Å². The molecule has 0 atom stereocenters. The molecule has 23 heavy (non-hydrogen) atoms. The number of nitrogens with zero attached hydrogens (tertiary/aromatic N) is 3. The third kappa shape index (κ3) is 4.28. The number of nitrogens with one attached hydrogen (secondary N) is 1. The first-order valence-electron chi connectivity index (χ1n) is 6.72. The zero-order chi connectivity index (χ0) is 16.8. The van der Waals surface area contributed by atoms with Gasteiger partial charge < -0.3 is 9.84 Å². The van der Waals surface area contributed by atoms with Crippen molar-refractivity contribution in [2.45, 2.75) is 13.5 Å². The lowest BCUT2D eigenvalue weighted by Crippen LogP contribution is -2.03. The summed E-state index contributed by atoms with van der Waals surface area (Å²) >= 11 is 3.33. The molecule has 2 N–H and O–H groups in total. The van der Waals surface area contributed by atoms with E-state index in [2.05, 4.69) is 37.5 Å². The number of hydrogen-bond donors (Lipinski definition) is 2. The van der Waals surface area contributed by atoms with Gasteiger partial charge in [-0.05, 0) is 31.2 Å². The number of aromatic hydroxyl groups is 1. The molecule has 0 bridgehead atoms. The zero-order valence-electron chi connectivity index (χ0n) is 12.7. The second-order valence-electron chi connectivity index (χ2n) is 4.76. The van der Waals surface area contributed by atoms with Gasteiger partial charge in [-0.25, -0.2) is 4.98 Å². The molecule has 1 aromatic carbocycles. The summed E-state index contributed by atoms with van der Waals surface area (Å²) in [6.45, 7) is 2.15. The van der Waals surface area contributed by atoms with Crippen LogP contribution in [0.1, 0.15) is 22.4 Å². The quantitative estimate of drug-likeness (QED) is 0.618. The van der Waals surface area contributed by atoms with Crippen LogP contribution in [0.25, 0.3) is 0 Å². The minimum absolute atomic E-state index is 0.108. The topological polar surface area (TPSA) is 90.5 Å². The Morgan fingerprint density at radius 2 is 2.26 bits per heavy atom. The van der Waals surface area contributed by atoms with Crippen LogP contribution in [0.4, 0.5) is 5.82 Å². The molecule has 1 aromatic heterocycles. The lowest BCUT2D eigenvalue weighted by Gasteiger charge is -2.09. The molecule has 0 amide bonds. The number of aromatic nitrogens is 1. The largest absolute Gasteiger partial charge is 0.507 e. The number of pyridine rings is 1. The highest BCUT2D eigenvalue weighted by Crippen LogP contribution is 2.21. The summed E-state index contributed by atoms with van der Waals surface area (Å²) in [5.74, 6) is 0.460. The predicted molar refractivity (Wildman–Crippen MR) is 91.4 cm³/mol. The fraction of sp³-hybridized carbons (Fsp3) is 0.188. The van der Waals surface area contributed by atoms with Crippen molar-refractivity contribution in [3.63, 3.8) is 0 Å². The lowest BCUT2D eigenvalue weighted by atomic mass is 10.1. The van der Waals surface area contributed by atoms with Crippen LogP contribution in [0, 0.1) is 18.3 Å². The van der Waals surface area contributed by atoms with Crippen LogP contribution in [-0.2, 0) is 11.3 Å². The molecule has 118 valence electrons. The highest BCUT2D eigenvalue weighted by Gasteiger charge is 2.10. The van der Waals surface area contributed by atoms with E-state index in [0.717, 1.165) is 15.7 Å². The fourth-order valence-electron chi connectivity index (χ4n) is 2.01. The molecule has 0 fully saturated rings. The first-order valence-corrected chi connectivity index (χ1v) is 7.51. The number of phenolic OH excluding ortho intramolecular Hbond substituents is 1. The molecule has 6 nitrogen and oxygen atoms in total. The van der Waals surface area contributed by atoms with Crippen LogP contribution in [0.5, 0.6) is 5.75 Å². The smallest absolute Gasteiger partial charge is 0.164 e. The number of anilines is 1. The van der Waals surface area contributed by atoms with Gasteiger partial charge in [0.2, 0.25) is 0 Å². The number of nitriles is 1. The number of benzene rings is 1. The van der Waals surface area contributed by atoms with Gasteiger partial charge in [-0.2, -0.15) is 10.4 Å². The van der Waals surface area contributed by atoms with Crippen molar-refractivity contribution in [3.8, 4) is 11.8 Å². The number of aryl methyl sites for hydroxylation is 1. The maximum absolute atomic E-state index is 9.77. The molecule has 7 heteroatoms. The summed E-state index contributed by atoms with van der Waals surface area (Å²) in [6.07, 6.45) is 1.46. The van der Waals surface area contributed by atoms with E-state index in [0.29, 0.717) is 23.6 Å². The van der Waals surface area contributed by atoms with Crippen LogP contribution in [-0.4, -0.2) is 23.4 Å². The van der Waals surface area contributed by atoms with Gasteiger partial charge in [0.05, 0.1) is 12.8 Å². The molecule has 0 radical (unpaired) electrons. The van der Waals surface area contributed by atoms with Gasteiger partial charge in [0.1, 0.15) is 17.4 Å². The number of hydrogen-bond acceptors (Lipinski definition) is 6. The molecule has 2 rings (SSSR count). The average Bonchev–Trinajstić information content (AvgIpc) is 2.51. The SMILES string of the molecule is COCc1cc(C)nc(N/N=C/c2cc(Br)ccc2O)c1C#N. The Morgan fingerprint density at radius 1 is 1.48 bits per heavy atom. The predicted octanol–water partition coefficient (Wildman–Crippen LogP) is 3.32. The third-order valence-electron chi connectivity index (χ3n) is 3.00. The molecule has 0 aliphatic carbocycles. The lowest BCUT2D eigenvalue weighted by molar-refractivity contribution is 0.184. The summed E-state index contributed by atoms with van der Waals surface area (Å²) in [5, 5.41) is 23.2. The van der Waals surface area contributed by atoms with Gasteiger partial charge in [0, 0.05) is 28.4 Å². The minimum atomic E-state index is 0.108. The maximum atomic E-state index is 9.77. The summed E-state index contributed by atoms with van der Waals surface area (Å²) < 4.78 is 5.92. The van der Waals surface area contributed by atoms with Crippen molar-refractivity contribution >= 4 is 28.0 Å². The minimum Gasteiger partial charge on any atom is -0.507 e. The van der Waals surface area contributed by atoms with E-state index < -0.39 is 0 Å². The van der Waals surface area contributed by atoms with Crippen molar-refractivity contribution in [1.29, 1.82) is 5.26 Å². The van der Waals surface area contributed by atoms with Gasteiger partial charge >= 0.3 is 0 Å². The second-order valence-corrected chi connectivity index (χ2v) is 5.68. The van der Waals surface area contributed by atoms with Crippen LogP contribution < -0.4 is 5.43 Å². The summed E-state index contributed by atoms with van der Waals surface area (Å²) in [6, 6.07) is 8.93. The molecule has 0 aliphatic rings. The van der Waals surface area contributed by atoms with Gasteiger partial charge in [-0.15, -0.1) is 0 Å². The van der Waals surface area contributed by atoms with Crippen LogP contribution in [0.2, 0.25) is 0 Å². The number of methoxy groups -OCH3 is 1. The van der Waals surface area contributed by atoms with Gasteiger partial charge in [0.15, 0.2) is 5.82 Å². The second kappa shape index (κ2) is 7.72. The Morgan fingerprint density at radius 3 is 2.96 bits per heavy atom. The van der Waals surface area contributed by atoms with Gasteiger partial charge in [0.25, 0.3) is 0 Å².